The fourth-order valence-corrected chi connectivity index (χ4v) is 5.70. The SMILES string of the molecule is CC1(C)CC=C(C2=NC(C3CCN(CCS(C)(=O)=O)CC3)CC=C2NC(=O)c2ncc(C#N)[nH]2)CC1.O=C(O)C(F)(F)F. The van der Waals surface area contributed by atoms with Crippen LogP contribution in [-0.2, 0) is 14.6 Å². The molecule has 11 nitrogen and oxygen atoms in total. The van der Waals surface area contributed by atoms with Gasteiger partial charge in [-0.1, -0.05) is 26.0 Å². The van der Waals surface area contributed by atoms with Crippen LogP contribution in [0.1, 0.15) is 68.7 Å². The van der Waals surface area contributed by atoms with Crippen molar-refractivity contribution in [2.75, 3.05) is 31.6 Å². The van der Waals surface area contributed by atoms with E-state index >= 15 is 0 Å². The molecule has 1 atom stereocenters. The van der Waals surface area contributed by atoms with Gasteiger partial charge in [0.05, 0.1) is 29.4 Å². The van der Waals surface area contributed by atoms with Crippen molar-refractivity contribution in [3.63, 3.8) is 0 Å². The van der Waals surface area contributed by atoms with Crippen LogP contribution in [0.4, 0.5) is 13.2 Å². The van der Waals surface area contributed by atoms with E-state index < -0.39 is 22.0 Å². The van der Waals surface area contributed by atoms with Crippen LogP contribution in [0.2, 0.25) is 0 Å². The molecule has 0 saturated carbocycles. The molecule has 3 heterocycles. The molecule has 0 radical (unpaired) electrons. The van der Waals surface area contributed by atoms with E-state index in [1.807, 2.05) is 6.07 Å². The normalized spacial score (nSPS) is 21.3. The van der Waals surface area contributed by atoms with E-state index in [0.29, 0.717) is 18.2 Å². The first-order valence-electron chi connectivity index (χ1n) is 13.9. The molecule has 1 saturated heterocycles. The molecule has 1 amide bonds. The molecule has 236 valence electrons. The van der Waals surface area contributed by atoms with E-state index in [4.69, 9.17) is 20.2 Å². The van der Waals surface area contributed by atoms with Gasteiger partial charge in [-0.15, -0.1) is 0 Å². The maximum atomic E-state index is 12.8. The van der Waals surface area contributed by atoms with Gasteiger partial charge in [-0.2, -0.15) is 18.4 Å². The van der Waals surface area contributed by atoms with Crippen LogP contribution in [0.5, 0.6) is 0 Å². The lowest BCUT2D eigenvalue weighted by molar-refractivity contribution is -0.192. The number of halogens is 3. The minimum absolute atomic E-state index is 0.106. The van der Waals surface area contributed by atoms with Crippen molar-refractivity contribution in [3.05, 3.63) is 41.1 Å². The number of hydrogen-bond donors (Lipinski definition) is 3. The second-order valence-corrected chi connectivity index (χ2v) is 14.1. The molecule has 3 aliphatic rings. The summed E-state index contributed by atoms with van der Waals surface area (Å²) in [6.45, 7) is 6.89. The van der Waals surface area contributed by atoms with E-state index in [2.05, 4.69) is 46.2 Å². The van der Waals surface area contributed by atoms with Crippen molar-refractivity contribution in [2.45, 2.75) is 64.6 Å². The summed E-state index contributed by atoms with van der Waals surface area (Å²) in [7, 11) is -2.96. The number of nitriles is 1. The summed E-state index contributed by atoms with van der Waals surface area (Å²) < 4.78 is 54.8. The van der Waals surface area contributed by atoms with Gasteiger partial charge in [-0.25, -0.2) is 18.2 Å². The number of carbonyl (C=O) groups excluding carboxylic acids is 1. The number of aromatic nitrogens is 2. The van der Waals surface area contributed by atoms with E-state index in [1.165, 1.54) is 18.0 Å². The lowest BCUT2D eigenvalue weighted by Crippen LogP contribution is -2.41. The Morgan fingerprint density at radius 1 is 1.26 bits per heavy atom. The summed E-state index contributed by atoms with van der Waals surface area (Å²) in [5.41, 5.74) is 3.25. The van der Waals surface area contributed by atoms with Crippen molar-refractivity contribution < 1.29 is 36.3 Å². The number of carbonyl (C=O) groups is 2. The molecule has 0 bridgehead atoms. The van der Waals surface area contributed by atoms with Gasteiger partial charge in [0.25, 0.3) is 5.91 Å². The first-order valence-corrected chi connectivity index (χ1v) is 16.0. The number of aliphatic carboxylic acids is 1. The van der Waals surface area contributed by atoms with Gasteiger partial charge in [0, 0.05) is 12.8 Å². The molecular formula is C28H37F3N6O5S. The molecule has 0 spiro atoms. The summed E-state index contributed by atoms with van der Waals surface area (Å²) in [4.78, 5) is 35.9. The molecule has 1 aromatic rings. The summed E-state index contributed by atoms with van der Waals surface area (Å²) in [6.07, 6.45) is 7.55. The molecular weight excluding hydrogens is 589 g/mol. The lowest BCUT2D eigenvalue weighted by atomic mass is 9.76. The van der Waals surface area contributed by atoms with Crippen molar-refractivity contribution in [1.29, 1.82) is 5.26 Å². The van der Waals surface area contributed by atoms with Crippen LogP contribution >= 0.6 is 0 Å². The van der Waals surface area contributed by atoms with Gasteiger partial charge in [0.15, 0.2) is 5.82 Å². The zero-order valence-electron chi connectivity index (χ0n) is 24.4. The van der Waals surface area contributed by atoms with Crippen LogP contribution in [0, 0.1) is 22.7 Å². The highest BCUT2D eigenvalue weighted by molar-refractivity contribution is 7.90. The lowest BCUT2D eigenvalue weighted by Gasteiger charge is -2.36. The second-order valence-electron chi connectivity index (χ2n) is 11.8. The number of sulfone groups is 1. The molecule has 3 N–H and O–H groups in total. The number of dihydropyridines is 1. The summed E-state index contributed by atoms with van der Waals surface area (Å²) in [6, 6.07) is 2.10. The Morgan fingerprint density at radius 2 is 1.91 bits per heavy atom. The third-order valence-corrected chi connectivity index (χ3v) is 8.67. The summed E-state index contributed by atoms with van der Waals surface area (Å²) in [5, 5.41) is 19.1. The smallest absolute Gasteiger partial charge is 0.475 e. The van der Waals surface area contributed by atoms with Gasteiger partial charge in [0.2, 0.25) is 0 Å². The zero-order chi connectivity index (χ0) is 32.0. The molecule has 1 fully saturated rings. The Morgan fingerprint density at radius 3 is 2.42 bits per heavy atom. The number of allylic oxidation sites excluding steroid dienone is 2. The molecule has 2 aliphatic heterocycles. The predicted molar refractivity (Wildman–Crippen MR) is 153 cm³/mol. The van der Waals surface area contributed by atoms with E-state index in [-0.39, 0.29) is 34.6 Å². The minimum Gasteiger partial charge on any atom is -0.475 e. The van der Waals surface area contributed by atoms with Crippen LogP contribution < -0.4 is 5.32 Å². The third kappa shape index (κ3) is 10.3. The number of aromatic amines is 1. The maximum absolute atomic E-state index is 12.8. The van der Waals surface area contributed by atoms with Crippen molar-refractivity contribution in [2.24, 2.45) is 16.3 Å². The molecule has 4 rings (SSSR count). The Balaban J connectivity index is 0.000000646. The summed E-state index contributed by atoms with van der Waals surface area (Å²) in [5.74, 6) is -2.41. The maximum Gasteiger partial charge on any atom is 0.490 e. The number of carboxylic acids is 1. The first-order chi connectivity index (χ1) is 20.0. The number of aliphatic imine (C=N–C) groups is 1. The van der Waals surface area contributed by atoms with Gasteiger partial charge >= 0.3 is 12.1 Å². The number of piperidine rings is 1. The fourth-order valence-electron chi connectivity index (χ4n) is 5.11. The number of H-pyrrole nitrogens is 1. The van der Waals surface area contributed by atoms with E-state index in [9.17, 15) is 26.4 Å². The molecule has 0 aromatic carbocycles. The zero-order valence-corrected chi connectivity index (χ0v) is 25.2. The number of imidazole rings is 1. The van der Waals surface area contributed by atoms with Crippen molar-refractivity contribution in [1.82, 2.24) is 20.2 Å². The number of hydrogen-bond acceptors (Lipinski definition) is 8. The largest absolute Gasteiger partial charge is 0.490 e. The van der Waals surface area contributed by atoms with Crippen LogP contribution in [0.15, 0.2) is 34.6 Å². The second kappa shape index (κ2) is 13.9. The monoisotopic (exact) mass is 626 g/mol. The number of nitrogens with one attached hydrogen (secondary N) is 2. The van der Waals surface area contributed by atoms with Gasteiger partial charge < -0.3 is 20.3 Å². The highest BCUT2D eigenvalue weighted by Gasteiger charge is 2.38. The fraction of sp³-hybridized carbons (Fsp3) is 0.607. The number of amides is 1. The van der Waals surface area contributed by atoms with Gasteiger partial charge in [0.1, 0.15) is 21.6 Å². The highest BCUT2D eigenvalue weighted by atomic mass is 32.2. The molecule has 15 heteroatoms. The molecule has 1 aromatic heterocycles. The minimum atomic E-state index is -5.08. The highest BCUT2D eigenvalue weighted by Crippen LogP contribution is 2.37. The predicted octanol–water partition coefficient (Wildman–Crippen LogP) is 3.63. The number of alkyl halides is 3. The standard InChI is InChI=1S/C26H36N6O3S.C2HF3O2/c1-26(2)10-6-19(7-11-26)23-22(31-25(33)24-28-17-20(16-27)29-24)5-4-21(30-23)18-8-12-32(13-9-18)14-15-36(3,34)35;3-2(4,5)1(6)7/h5-6,17-18,21H,4,7-15H2,1-3H3,(H,28,29)(H,31,33);(H,6,7). The number of carboxylic acid groups (broad SMARTS) is 1. The molecule has 1 unspecified atom stereocenters. The topological polar surface area (TPSA) is 169 Å². The third-order valence-electron chi connectivity index (χ3n) is 7.75. The van der Waals surface area contributed by atoms with Crippen LogP contribution in [-0.4, -0.2) is 89.8 Å². The Bertz CT molecular complexity index is 1430. The Labute approximate surface area is 248 Å². The van der Waals surface area contributed by atoms with Crippen LogP contribution in [0.3, 0.4) is 0 Å². The quantitative estimate of drug-likeness (QED) is 0.412. The average molecular weight is 627 g/mol. The Hall–Kier alpha value is -3.51. The number of rotatable bonds is 7. The van der Waals surface area contributed by atoms with Crippen molar-refractivity contribution >= 4 is 27.4 Å². The molecule has 43 heavy (non-hydrogen) atoms. The van der Waals surface area contributed by atoms with E-state index in [0.717, 1.165) is 57.3 Å². The van der Waals surface area contributed by atoms with Gasteiger partial charge in [-0.3, -0.25) is 9.79 Å². The first kappa shape index (κ1) is 34.0. The van der Waals surface area contributed by atoms with Crippen LogP contribution in [0.25, 0.3) is 0 Å². The Kier molecular flexibility index (Phi) is 10.9. The average Bonchev–Trinajstić information content (AvgIpc) is 3.42. The molecule has 1 aliphatic carbocycles. The van der Waals surface area contributed by atoms with Gasteiger partial charge in [-0.05, 0) is 68.5 Å². The van der Waals surface area contributed by atoms with Crippen molar-refractivity contribution in [3.8, 4) is 6.07 Å². The summed E-state index contributed by atoms with van der Waals surface area (Å²) >= 11 is 0. The number of likely N-dealkylation sites (tertiary alicyclic amines) is 1. The van der Waals surface area contributed by atoms with E-state index in [1.54, 1.807) is 0 Å². The number of nitrogens with zero attached hydrogens (tertiary/aromatic N) is 4.